The number of aryl methyl sites for hydroxylation is 2. The van der Waals surface area contributed by atoms with Gasteiger partial charge in [-0.1, -0.05) is 6.07 Å². The van der Waals surface area contributed by atoms with Crippen molar-refractivity contribution < 1.29 is 9.53 Å². The van der Waals surface area contributed by atoms with Gasteiger partial charge in [0.1, 0.15) is 5.75 Å². The van der Waals surface area contributed by atoms with Gasteiger partial charge in [0.2, 0.25) is 0 Å². The monoisotopic (exact) mass is 269 g/mol. The number of aromatic nitrogens is 2. The van der Waals surface area contributed by atoms with Gasteiger partial charge >= 0.3 is 0 Å². The molecular weight excluding hydrogens is 254 g/mol. The van der Waals surface area contributed by atoms with E-state index >= 15 is 0 Å². The summed E-state index contributed by atoms with van der Waals surface area (Å²) in [4.78, 5) is 20.1. The normalized spacial score (nSPS) is 16.4. The predicted octanol–water partition coefficient (Wildman–Crippen LogP) is 2.04. The van der Waals surface area contributed by atoms with Crippen LogP contribution in [0.15, 0.2) is 30.7 Å². The topological polar surface area (TPSA) is 64.1 Å². The van der Waals surface area contributed by atoms with Crippen LogP contribution in [0.5, 0.6) is 5.75 Å². The maximum atomic E-state index is 12.1. The number of benzene rings is 1. The van der Waals surface area contributed by atoms with Crippen molar-refractivity contribution in [1.82, 2.24) is 9.97 Å². The standard InChI is InChI=1S/C15H15N3O2/c1-9-5-11-7-13(20-12(11)6-10(9)2)15(19)18-14-8-16-3-4-17-14/h3-6,8,13H,7H2,1-2H3,(H,17,18,19). The van der Waals surface area contributed by atoms with Crippen LogP contribution in [0.25, 0.3) is 0 Å². The van der Waals surface area contributed by atoms with Crippen LogP contribution in [-0.2, 0) is 11.2 Å². The molecule has 1 amide bonds. The Bertz CT molecular complexity index is 625. The molecule has 1 aliphatic heterocycles. The lowest BCUT2D eigenvalue weighted by Gasteiger charge is -2.10. The van der Waals surface area contributed by atoms with E-state index in [1.54, 1.807) is 6.20 Å². The minimum atomic E-state index is -0.506. The second kappa shape index (κ2) is 4.92. The number of hydrogen-bond acceptors (Lipinski definition) is 4. The molecule has 2 aromatic rings. The summed E-state index contributed by atoms with van der Waals surface area (Å²) in [6, 6.07) is 4.07. The van der Waals surface area contributed by atoms with E-state index < -0.39 is 6.10 Å². The van der Waals surface area contributed by atoms with Crippen LogP contribution >= 0.6 is 0 Å². The molecule has 0 radical (unpaired) electrons. The van der Waals surface area contributed by atoms with Crippen molar-refractivity contribution in [2.75, 3.05) is 5.32 Å². The van der Waals surface area contributed by atoms with Gasteiger partial charge in [0.15, 0.2) is 11.9 Å². The number of nitrogens with one attached hydrogen (secondary N) is 1. The summed E-state index contributed by atoms with van der Waals surface area (Å²) in [5, 5.41) is 2.71. The Balaban J connectivity index is 1.73. The lowest BCUT2D eigenvalue weighted by Crippen LogP contribution is -2.31. The van der Waals surface area contributed by atoms with Crippen molar-refractivity contribution in [3.63, 3.8) is 0 Å². The zero-order valence-corrected chi connectivity index (χ0v) is 11.4. The second-order valence-corrected chi connectivity index (χ2v) is 4.93. The molecule has 1 unspecified atom stereocenters. The summed E-state index contributed by atoms with van der Waals surface area (Å²) in [7, 11) is 0. The summed E-state index contributed by atoms with van der Waals surface area (Å²) in [5.74, 6) is 1.04. The molecule has 0 saturated carbocycles. The van der Waals surface area contributed by atoms with Crippen LogP contribution in [0.1, 0.15) is 16.7 Å². The third-order valence-electron chi connectivity index (χ3n) is 3.46. The first-order valence-electron chi connectivity index (χ1n) is 6.47. The summed E-state index contributed by atoms with van der Waals surface area (Å²) >= 11 is 0. The van der Waals surface area contributed by atoms with Crippen LogP contribution in [0.3, 0.4) is 0 Å². The minimum absolute atomic E-state index is 0.197. The molecule has 0 fully saturated rings. The van der Waals surface area contributed by atoms with Gasteiger partial charge in [-0.05, 0) is 36.6 Å². The summed E-state index contributed by atoms with van der Waals surface area (Å²) in [6.45, 7) is 4.09. The average Bonchev–Trinajstić information content (AvgIpc) is 2.83. The van der Waals surface area contributed by atoms with Gasteiger partial charge in [-0.15, -0.1) is 0 Å². The Kier molecular flexibility index (Phi) is 3.10. The zero-order chi connectivity index (χ0) is 14.1. The van der Waals surface area contributed by atoms with E-state index in [2.05, 4.69) is 28.3 Å². The molecule has 102 valence electrons. The third-order valence-corrected chi connectivity index (χ3v) is 3.46. The second-order valence-electron chi connectivity index (χ2n) is 4.93. The highest BCUT2D eigenvalue weighted by Gasteiger charge is 2.29. The first-order valence-corrected chi connectivity index (χ1v) is 6.47. The summed E-state index contributed by atoms with van der Waals surface area (Å²) in [5.41, 5.74) is 3.45. The molecule has 1 atom stereocenters. The van der Waals surface area contributed by atoms with Crippen molar-refractivity contribution in [2.24, 2.45) is 0 Å². The van der Waals surface area contributed by atoms with Gasteiger partial charge in [-0.25, -0.2) is 4.98 Å². The lowest BCUT2D eigenvalue weighted by atomic mass is 10.0. The maximum absolute atomic E-state index is 12.1. The number of carbonyl (C=O) groups excluding carboxylic acids is 1. The fourth-order valence-corrected chi connectivity index (χ4v) is 2.23. The number of amides is 1. The summed E-state index contributed by atoms with van der Waals surface area (Å²) in [6.07, 6.45) is 4.68. The van der Waals surface area contributed by atoms with E-state index in [4.69, 9.17) is 4.74 Å². The predicted molar refractivity (Wildman–Crippen MR) is 74.7 cm³/mol. The fourth-order valence-electron chi connectivity index (χ4n) is 2.23. The van der Waals surface area contributed by atoms with Crippen molar-refractivity contribution in [1.29, 1.82) is 0 Å². The van der Waals surface area contributed by atoms with Crippen LogP contribution in [0.4, 0.5) is 5.82 Å². The molecule has 3 rings (SSSR count). The smallest absolute Gasteiger partial charge is 0.266 e. The minimum Gasteiger partial charge on any atom is -0.480 e. The SMILES string of the molecule is Cc1cc2c(cc1C)OC(C(=O)Nc1cnccn1)C2. The molecule has 20 heavy (non-hydrogen) atoms. The molecule has 0 aliphatic carbocycles. The van der Waals surface area contributed by atoms with Crippen LogP contribution in [0, 0.1) is 13.8 Å². The Labute approximate surface area is 117 Å². The van der Waals surface area contributed by atoms with Gasteiger partial charge in [-0.3, -0.25) is 9.78 Å². The molecule has 5 nitrogen and oxygen atoms in total. The zero-order valence-electron chi connectivity index (χ0n) is 11.4. The van der Waals surface area contributed by atoms with E-state index in [1.165, 1.54) is 23.5 Å². The third kappa shape index (κ3) is 2.34. The number of ether oxygens (including phenoxy) is 1. The Hall–Kier alpha value is -2.43. The Morgan fingerprint density at radius 2 is 2.10 bits per heavy atom. The number of rotatable bonds is 2. The van der Waals surface area contributed by atoms with Crippen LogP contribution < -0.4 is 10.1 Å². The van der Waals surface area contributed by atoms with E-state index in [-0.39, 0.29) is 5.91 Å². The van der Waals surface area contributed by atoms with E-state index in [0.29, 0.717) is 12.2 Å². The molecule has 1 aromatic carbocycles. The highest BCUT2D eigenvalue weighted by Crippen LogP contribution is 2.31. The molecule has 2 heterocycles. The molecule has 1 N–H and O–H groups in total. The molecule has 0 bridgehead atoms. The van der Waals surface area contributed by atoms with Gasteiger partial charge in [0, 0.05) is 18.8 Å². The number of hydrogen-bond donors (Lipinski definition) is 1. The molecule has 1 aliphatic rings. The number of carbonyl (C=O) groups is 1. The number of fused-ring (bicyclic) bond motifs is 1. The average molecular weight is 269 g/mol. The number of anilines is 1. The molecular formula is C15H15N3O2. The first-order chi connectivity index (χ1) is 9.63. The van der Waals surface area contributed by atoms with E-state index in [1.807, 2.05) is 13.0 Å². The van der Waals surface area contributed by atoms with Crippen molar-refractivity contribution in [3.8, 4) is 5.75 Å². The van der Waals surface area contributed by atoms with Gasteiger partial charge in [-0.2, -0.15) is 0 Å². The number of nitrogens with zero attached hydrogens (tertiary/aromatic N) is 2. The molecule has 0 saturated heterocycles. The van der Waals surface area contributed by atoms with Gasteiger partial charge in [0.25, 0.3) is 5.91 Å². The highest BCUT2D eigenvalue weighted by atomic mass is 16.5. The summed E-state index contributed by atoms with van der Waals surface area (Å²) < 4.78 is 5.72. The van der Waals surface area contributed by atoms with E-state index in [0.717, 1.165) is 11.3 Å². The van der Waals surface area contributed by atoms with Crippen molar-refractivity contribution in [3.05, 3.63) is 47.4 Å². The largest absolute Gasteiger partial charge is 0.480 e. The first kappa shape index (κ1) is 12.6. The maximum Gasteiger partial charge on any atom is 0.266 e. The molecule has 0 spiro atoms. The Morgan fingerprint density at radius 3 is 2.85 bits per heavy atom. The lowest BCUT2D eigenvalue weighted by molar-refractivity contribution is -0.122. The Morgan fingerprint density at radius 1 is 1.30 bits per heavy atom. The fraction of sp³-hybridized carbons (Fsp3) is 0.267. The molecule has 5 heteroatoms. The van der Waals surface area contributed by atoms with Crippen molar-refractivity contribution in [2.45, 2.75) is 26.4 Å². The van der Waals surface area contributed by atoms with Gasteiger partial charge < -0.3 is 10.1 Å². The van der Waals surface area contributed by atoms with Crippen LogP contribution in [-0.4, -0.2) is 22.0 Å². The molecule has 1 aromatic heterocycles. The highest BCUT2D eigenvalue weighted by molar-refractivity contribution is 5.94. The van der Waals surface area contributed by atoms with E-state index in [9.17, 15) is 4.79 Å². The van der Waals surface area contributed by atoms with Gasteiger partial charge in [0.05, 0.1) is 6.20 Å². The van der Waals surface area contributed by atoms with Crippen molar-refractivity contribution >= 4 is 11.7 Å². The quantitative estimate of drug-likeness (QED) is 0.906. The van der Waals surface area contributed by atoms with Crippen LogP contribution in [0.2, 0.25) is 0 Å².